The van der Waals surface area contributed by atoms with Crippen LogP contribution in [-0.2, 0) is 0 Å². The van der Waals surface area contributed by atoms with Crippen LogP contribution >= 0.6 is 0 Å². The zero-order valence-electron chi connectivity index (χ0n) is 8.90. The van der Waals surface area contributed by atoms with Crippen molar-refractivity contribution in [3.63, 3.8) is 0 Å². The van der Waals surface area contributed by atoms with Gasteiger partial charge in [0.1, 0.15) is 5.69 Å². The highest BCUT2D eigenvalue weighted by atomic mass is 16.3. The number of nitrogens with one attached hydrogen (secondary N) is 1. The Morgan fingerprint density at radius 2 is 2.27 bits per heavy atom. The number of amides is 1. The fourth-order valence-electron chi connectivity index (χ4n) is 1.05. The molecule has 1 aromatic heterocycles. The van der Waals surface area contributed by atoms with Crippen molar-refractivity contribution < 1.29 is 9.90 Å². The van der Waals surface area contributed by atoms with Crippen molar-refractivity contribution in [2.75, 3.05) is 6.61 Å². The highest BCUT2D eigenvalue weighted by Gasteiger charge is 2.12. The maximum absolute atomic E-state index is 11.6. The molecule has 1 atom stereocenters. The summed E-state index contributed by atoms with van der Waals surface area (Å²) in [5.41, 5.74) is 1.04. The Hall–Kier alpha value is -1.49. The smallest absolute Gasteiger partial charge is 0.271 e. The van der Waals surface area contributed by atoms with E-state index in [1.807, 2.05) is 6.92 Å². The van der Waals surface area contributed by atoms with E-state index in [2.05, 4.69) is 15.3 Å². The molecule has 5 heteroatoms. The van der Waals surface area contributed by atoms with Crippen LogP contribution in [-0.4, -0.2) is 33.6 Å². The van der Waals surface area contributed by atoms with Crippen LogP contribution in [0.4, 0.5) is 0 Å². The second-order valence-corrected chi connectivity index (χ2v) is 3.30. The molecule has 5 nitrogen and oxygen atoms in total. The Labute approximate surface area is 88.6 Å². The van der Waals surface area contributed by atoms with Crippen molar-refractivity contribution in [2.24, 2.45) is 0 Å². The first-order chi connectivity index (χ1) is 7.17. The maximum Gasteiger partial charge on any atom is 0.271 e. The van der Waals surface area contributed by atoms with Gasteiger partial charge in [-0.1, -0.05) is 6.92 Å². The fraction of sp³-hybridized carbons (Fsp3) is 0.500. The largest absolute Gasteiger partial charge is 0.394 e. The van der Waals surface area contributed by atoms with E-state index < -0.39 is 0 Å². The molecule has 0 radical (unpaired) electrons. The van der Waals surface area contributed by atoms with Gasteiger partial charge in [-0.3, -0.25) is 9.78 Å². The minimum absolute atomic E-state index is 0.0679. The lowest BCUT2D eigenvalue weighted by Gasteiger charge is -2.13. The molecule has 15 heavy (non-hydrogen) atoms. The molecule has 1 amide bonds. The summed E-state index contributed by atoms with van der Waals surface area (Å²) in [7, 11) is 0. The first kappa shape index (κ1) is 11.6. The van der Waals surface area contributed by atoms with Crippen LogP contribution in [0.5, 0.6) is 0 Å². The number of nitrogens with zero attached hydrogens (tertiary/aromatic N) is 2. The number of aliphatic hydroxyl groups excluding tert-OH is 1. The molecule has 0 fully saturated rings. The second-order valence-electron chi connectivity index (χ2n) is 3.30. The number of hydrogen-bond donors (Lipinski definition) is 2. The van der Waals surface area contributed by atoms with E-state index in [4.69, 9.17) is 5.11 Å². The minimum atomic E-state index is -0.302. The summed E-state index contributed by atoms with van der Waals surface area (Å²) in [6.45, 7) is 3.63. The Bertz CT molecular complexity index is 320. The summed E-state index contributed by atoms with van der Waals surface area (Å²) in [6.07, 6.45) is 3.64. The number of aromatic nitrogens is 2. The quantitative estimate of drug-likeness (QED) is 0.747. The lowest BCUT2D eigenvalue weighted by molar-refractivity contribution is 0.0909. The Morgan fingerprint density at radius 3 is 2.73 bits per heavy atom. The Kier molecular flexibility index (Phi) is 4.17. The molecular formula is C10H15N3O2. The number of carbonyl (C=O) groups excluding carboxylic acids is 1. The van der Waals surface area contributed by atoms with Gasteiger partial charge < -0.3 is 10.4 Å². The van der Waals surface area contributed by atoms with E-state index in [1.165, 1.54) is 12.4 Å². The zero-order chi connectivity index (χ0) is 11.3. The molecule has 2 N–H and O–H groups in total. The van der Waals surface area contributed by atoms with E-state index in [0.717, 1.165) is 5.69 Å². The maximum atomic E-state index is 11.6. The summed E-state index contributed by atoms with van der Waals surface area (Å²) in [4.78, 5) is 19.5. The molecule has 1 heterocycles. The third-order valence-electron chi connectivity index (χ3n) is 2.06. The number of aliphatic hydroxyl groups is 1. The predicted octanol–water partition coefficient (Wildman–Crippen LogP) is 0.286. The van der Waals surface area contributed by atoms with Gasteiger partial charge in [-0.2, -0.15) is 0 Å². The molecule has 0 aliphatic rings. The van der Waals surface area contributed by atoms with Crippen LogP contribution in [0.1, 0.15) is 29.5 Å². The predicted molar refractivity (Wildman–Crippen MR) is 55.4 cm³/mol. The van der Waals surface area contributed by atoms with Crippen LogP contribution in [0.2, 0.25) is 0 Å². The lowest BCUT2D eigenvalue weighted by Crippen LogP contribution is -2.37. The van der Waals surface area contributed by atoms with Crippen molar-refractivity contribution in [1.29, 1.82) is 0 Å². The highest BCUT2D eigenvalue weighted by molar-refractivity contribution is 5.92. The molecule has 0 saturated carbocycles. The van der Waals surface area contributed by atoms with Crippen LogP contribution in [0, 0.1) is 6.92 Å². The number of hydrogen-bond acceptors (Lipinski definition) is 4. The van der Waals surface area contributed by atoms with E-state index in [1.54, 1.807) is 6.92 Å². The lowest BCUT2D eigenvalue weighted by atomic mass is 10.2. The highest BCUT2D eigenvalue weighted by Crippen LogP contribution is 1.96. The van der Waals surface area contributed by atoms with Crippen molar-refractivity contribution in [3.8, 4) is 0 Å². The fourth-order valence-corrected chi connectivity index (χ4v) is 1.05. The van der Waals surface area contributed by atoms with Gasteiger partial charge in [0.25, 0.3) is 5.91 Å². The van der Waals surface area contributed by atoms with Gasteiger partial charge in [0.15, 0.2) is 0 Å². The van der Waals surface area contributed by atoms with Gasteiger partial charge in [-0.05, 0) is 13.3 Å². The number of aryl methyl sites for hydroxylation is 1. The molecule has 1 aromatic rings. The molecule has 0 saturated heterocycles. The standard InChI is InChI=1S/C10H15N3O2/c1-3-8(6-14)13-10(15)9-5-11-7(2)4-12-9/h4-5,8,14H,3,6H2,1-2H3,(H,13,15)/t8-/m1/s1. The average molecular weight is 209 g/mol. The van der Waals surface area contributed by atoms with E-state index >= 15 is 0 Å². The van der Waals surface area contributed by atoms with Gasteiger partial charge in [-0.25, -0.2) is 4.98 Å². The molecule has 0 spiro atoms. The van der Waals surface area contributed by atoms with Gasteiger partial charge >= 0.3 is 0 Å². The third-order valence-corrected chi connectivity index (χ3v) is 2.06. The molecule has 0 aliphatic heterocycles. The molecule has 0 aliphatic carbocycles. The van der Waals surface area contributed by atoms with Crippen molar-refractivity contribution in [2.45, 2.75) is 26.3 Å². The summed E-state index contributed by atoms with van der Waals surface area (Å²) in [6, 6.07) is -0.222. The van der Waals surface area contributed by atoms with E-state index in [0.29, 0.717) is 6.42 Å². The molecule has 82 valence electrons. The minimum Gasteiger partial charge on any atom is -0.394 e. The van der Waals surface area contributed by atoms with Crippen molar-refractivity contribution in [1.82, 2.24) is 15.3 Å². The van der Waals surface area contributed by atoms with Crippen molar-refractivity contribution in [3.05, 3.63) is 23.8 Å². The molecule has 0 bridgehead atoms. The summed E-state index contributed by atoms with van der Waals surface area (Å²) < 4.78 is 0. The van der Waals surface area contributed by atoms with E-state index in [9.17, 15) is 4.79 Å². The van der Waals surface area contributed by atoms with Crippen LogP contribution in [0.25, 0.3) is 0 Å². The summed E-state index contributed by atoms with van der Waals surface area (Å²) in [5, 5.41) is 11.6. The first-order valence-electron chi connectivity index (χ1n) is 4.87. The first-order valence-corrected chi connectivity index (χ1v) is 4.87. The van der Waals surface area contributed by atoms with Gasteiger partial charge in [0.2, 0.25) is 0 Å². The SMILES string of the molecule is CC[C@H](CO)NC(=O)c1cnc(C)cn1. The molecule has 1 rings (SSSR count). The van der Waals surface area contributed by atoms with Gasteiger partial charge in [0.05, 0.1) is 24.5 Å². The van der Waals surface area contributed by atoms with Crippen LogP contribution in [0.3, 0.4) is 0 Å². The normalized spacial score (nSPS) is 12.2. The molecular weight excluding hydrogens is 194 g/mol. The van der Waals surface area contributed by atoms with Crippen molar-refractivity contribution >= 4 is 5.91 Å². The average Bonchev–Trinajstić information content (AvgIpc) is 2.26. The summed E-state index contributed by atoms with van der Waals surface area (Å²) >= 11 is 0. The zero-order valence-corrected chi connectivity index (χ0v) is 8.90. The van der Waals surface area contributed by atoms with Crippen LogP contribution < -0.4 is 5.32 Å². The second kappa shape index (κ2) is 5.41. The number of rotatable bonds is 4. The number of carbonyl (C=O) groups is 1. The topological polar surface area (TPSA) is 75.1 Å². The van der Waals surface area contributed by atoms with E-state index in [-0.39, 0.29) is 24.2 Å². The molecule has 0 aromatic carbocycles. The van der Waals surface area contributed by atoms with Gasteiger partial charge in [-0.15, -0.1) is 0 Å². The Morgan fingerprint density at radius 1 is 1.53 bits per heavy atom. The van der Waals surface area contributed by atoms with Crippen LogP contribution in [0.15, 0.2) is 12.4 Å². The Balaban J connectivity index is 2.64. The van der Waals surface area contributed by atoms with Gasteiger partial charge in [0, 0.05) is 6.20 Å². The summed E-state index contributed by atoms with van der Waals surface area (Å²) in [5.74, 6) is -0.302. The third kappa shape index (κ3) is 3.28. The monoisotopic (exact) mass is 209 g/mol. The molecule has 0 unspecified atom stereocenters.